The first kappa shape index (κ1) is 13.9. The molecule has 0 amide bonds. The standard InChI is InChI=1S/C10H16N8O2/c1-20-7-6-17(5-4-8(11)14-19)10-3-2-9-12-15-16-18(9)13-10/h2-3,19H,4-7H2,1H3,(H2,11,14). The van der Waals surface area contributed by atoms with Crippen molar-refractivity contribution in [1.29, 1.82) is 0 Å². The van der Waals surface area contributed by atoms with Crippen LogP contribution in [-0.4, -0.2) is 63.1 Å². The molecular formula is C10H16N8O2. The summed E-state index contributed by atoms with van der Waals surface area (Å²) in [5, 5.41) is 26.9. The van der Waals surface area contributed by atoms with Crippen LogP contribution in [0.3, 0.4) is 0 Å². The predicted molar refractivity (Wildman–Crippen MR) is 70.7 cm³/mol. The van der Waals surface area contributed by atoms with Gasteiger partial charge in [-0.25, -0.2) is 0 Å². The molecule has 0 aromatic carbocycles. The molecule has 0 saturated carbocycles. The van der Waals surface area contributed by atoms with E-state index in [9.17, 15) is 0 Å². The Labute approximate surface area is 114 Å². The van der Waals surface area contributed by atoms with Crippen LogP contribution in [0.5, 0.6) is 0 Å². The number of ether oxygens (including phenoxy) is 1. The molecule has 0 saturated heterocycles. The Hall–Kier alpha value is -2.49. The molecule has 0 atom stereocenters. The van der Waals surface area contributed by atoms with Crippen LogP contribution in [0, 0.1) is 0 Å². The van der Waals surface area contributed by atoms with Crippen LogP contribution in [0.15, 0.2) is 17.3 Å². The normalized spacial score (nSPS) is 11.9. The molecule has 2 rings (SSSR count). The molecule has 2 aromatic heterocycles. The summed E-state index contributed by atoms with van der Waals surface area (Å²) in [5.41, 5.74) is 6.05. The zero-order valence-electron chi connectivity index (χ0n) is 11.0. The fraction of sp³-hybridized carbons (Fsp3) is 0.500. The Balaban J connectivity index is 2.15. The van der Waals surface area contributed by atoms with Crippen molar-refractivity contribution >= 4 is 17.3 Å². The lowest BCUT2D eigenvalue weighted by Gasteiger charge is -2.22. The van der Waals surface area contributed by atoms with E-state index in [1.165, 1.54) is 4.63 Å². The zero-order valence-corrected chi connectivity index (χ0v) is 11.0. The highest BCUT2D eigenvalue weighted by molar-refractivity contribution is 5.80. The van der Waals surface area contributed by atoms with Gasteiger partial charge in [0.05, 0.1) is 6.61 Å². The molecule has 0 aliphatic rings. The van der Waals surface area contributed by atoms with E-state index in [2.05, 4.69) is 25.8 Å². The SMILES string of the molecule is COCCN(CC/C(N)=N/O)c1ccc2nnnn2n1. The first-order valence-electron chi connectivity index (χ1n) is 6.00. The van der Waals surface area contributed by atoms with Crippen molar-refractivity contribution in [1.82, 2.24) is 25.3 Å². The summed E-state index contributed by atoms with van der Waals surface area (Å²) in [6, 6.07) is 3.58. The van der Waals surface area contributed by atoms with Gasteiger partial charge in [0.1, 0.15) is 5.84 Å². The van der Waals surface area contributed by atoms with Crippen LogP contribution in [0.1, 0.15) is 6.42 Å². The molecule has 3 N–H and O–H groups in total. The third kappa shape index (κ3) is 3.29. The van der Waals surface area contributed by atoms with Crippen LogP contribution in [0.2, 0.25) is 0 Å². The Morgan fingerprint density at radius 2 is 2.35 bits per heavy atom. The summed E-state index contributed by atoms with van der Waals surface area (Å²) in [7, 11) is 1.62. The first-order valence-corrected chi connectivity index (χ1v) is 6.00. The molecule has 0 aliphatic carbocycles. The van der Waals surface area contributed by atoms with Crippen LogP contribution >= 0.6 is 0 Å². The van der Waals surface area contributed by atoms with Gasteiger partial charge in [-0.3, -0.25) is 0 Å². The molecule has 0 unspecified atom stereocenters. The quantitative estimate of drug-likeness (QED) is 0.289. The summed E-state index contributed by atoms with van der Waals surface area (Å²) in [5.74, 6) is 0.850. The van der Waals surface area contributed by atoms with Crippen molar-refractivity contribution in [3.8, 4) is 0 Å². The molecular weight excluding hydrogens is 264 g/mol. The van der Waals surface area contributed by atoms with Crippen molar-refractivity contribution in [3.05, 3.63) is 12.1 Å². The number of rotatable bonds is 7. The lowest BCUT2D eigenvalue weighted by Crippen LogP contribution is -2.32. The maximum atomic E-state index is 8.58. The van der Waals surface area contributed by atoms with E-state index in [0.717, 1.165) is 0 Å². The Bertz CT molecular complexity index is 583. The maximum absolute atomic E-state index is 8.58. The number of nitrogens with zero attached hydrogens (tertiary/aromatic N) is 7. The second kappa shape index (κ2) is 6.61. The van der Waals surface area contributed by atoms with Gasteiger partial charge in [-0.05, 0) is 22.6 Å². The van der Waals surface area contributed by atoms with Gasteiger partial charge in [-0.2, -0.15) is 0 Å². The molecule has 108 valence electrons. The maximum Gasteiger partial charge on any atom is 0.200 e. The summed E-state index contributed by atoms with van der Waals surface area (Å²) in [6.45, 7) is 1.70. The highest BCUT2D eigenvalue weighted by atomic mass is 16.5. The largest absolute Gasteiger partial charge is 0.409 e. The molecule has 0 fully saturated rings. The van der Waals surface area contributed by atoms with Crippen LogP contribution in [0.25, 0.3) is 5.65 Å². The summed E-state index contributed by atoms with van der Waals surface area (Å²) < 4.78 is 6.42. The molecule has 20 heavy (non-hydrogen) atoms. The lowest BCUT2D eigenvalue weighted by molar-refractivity contribution is 0.205. The number of aromatic nitrogens is 5. The molecule has 0 aliphatic heterocycles. The van der Waals surface area contributed by atoms with Gasteiger partial charge in [0.2, 0.25) is 0 Å². The average Bonchev–Trinajstić information content (AvgIpc) is 2.94. The average molecular weight is 280 g/mol. The van der Waals surface area contributed by atoms with E-state index in [1.54, 1.807) is 13.2 Å². The van der Waals surface area contributed by atoms with Gasteiger partial charge in [-0.15, -0.1) is 14.8 Å². The van der Waals surface area contributed by atoms with Gasteiger partial charge in [0.15, 0.2) is 11.5 Å². The third-order valence-corrected chi connectivity index (χ3v) is 2.71. The Morgan fingerprint density at radius 1 is 1.50 bits per heavy atom. The number of fused-ring (bicyclic) bond motifs is 1. The minimum Gasteiger partial charge on any atom is -0.409 e. The van der Waals surface area contributed by atoms with Gasteiger partial charge in [-0.1, -0.05) is 5.16 Å². The van der Waals surface area contributed by atoms with Gasteiger partial charge < -0.3 is 20.6 Å². The summed E-state index contributed by atoms with van der Waals surface area (Å²) >= 11 is 0. The van der Waals surface area contributed by atoms with Gasteiger partial charge in [0.25, 0.3) is 0 Å². The van der Waals surface area contributed by atoms with E-state index < -0.39 is 0 Å². The second-order valence-electron chi connectivity index (χ2n) is 4.04. The monoisotopic (exact) mass is 280 g/mol. The van der Waals surface area contributed by atoms with Crippen molar-refractivity contribution in [3.63, 3.8) is 0 Å². The molecule has 0 radical (unpaired) electrons. The summed E-state index contributed by atoms with van der Waals surface area (Å²) in [6.07, 6.45) is 0.412. The topological polar surface area (TPSA) is 127 Å². The van der Waals surface area contributed by atoms with E-state index in [1.807, 2.05) is 11.0 Å². The highest BCUT2D eigenvalue weighted by Gasteiger charge is 2.10. The minimum absolute atomic E-state index is 0.163. The van der Waals surface area contributed by atoms with Crippen LogP contribution in [-0.2, 0) is 4.74 Å². The Morgan fingerprint density at radius 3 is 3.10 bits per heavy atom. The summed E-state index contributed by atoms with van der Waals surface area (Å²) in [4.78, 5) is 1.95. The van der Waals surface area contributed by atoms with E-state index in [0.29, 0.717) is 37.6 Å². The molecule has 0 spiro atoms. The van der Waals surface area contributed by atoms with Gasteiger partial charge >= 0.3 is 0 Å². The minimum atomic E-state index is 0.163. The molecule has 2 heterocycles. The van der Waals surface area contributed by atoms with Crippen molar-refractivity contribution in [2.75, 3.05) is 31.7 Å². The fourth-order valence-corrected chi connectivity index (χ4v) is 1.65. The second-order valence-corrected chi connectivity index (χ2v) is 4.04. The van der Waals surface area contributed by atoms with Crippen molar-refractivity contribution in [2.24, 2.45) is 10.9 Å². The number of nitrogens with two attached hydrogens (primary N) is 1. The smallest absolute Gasteiger partial charge is 0.200 e. The number of amidine groups is 1. The number of hydrogen-bond donors (Lipinski definition) is 2. The van der Waals surface area contributed by atoms with Crippen molar-refractivity contribution in [2.45, 2.75) is 6.42 Å². The number of anilines is 1. The van der Waals surface area contributed by atoms with Gasteiger partial charge in [0, 0.05) is 26.6 Å². The number of hydrogen-bond acceptors (Lipinski definition) is 8. The third-order valence-electron chi connectivity index (χ3n) is 2.71. The van der Waals surface area contributed by atoms with E-state index in [4.69, 9.17) is 15.7 Å². The number of methoxy groups -OCH3 is 1. The number of oxime groups is 1. The van der Waals surface area contributed by atoms with Crippen molar-refractivity contribution < 1.29 is 9.94 Å². The predicted octanol–water partition coefficient (Wildman–Crippen LogP) is -0.891. The number of tetrazole rings is 1. The Kier molecular flexibility index (Phi) is 4.60. The molecule has 2 aromatic rings. The van der Waals surface area contributed by atoms with E-state index >= 15 is 0 Å². The molecule has 10 heteroatoms. The highest BCUT2D eigenvalue weighted by Crippen LogP contribution is 2.11. The zero-order chi connectivity index (χ0) is 14.4. The first-order chi connectivity index (χ1) is 9.74. The molecule has 10 nitrogen and oxygen atoms in total. The fourth-order valence-electron chi connectivity index (χ4n) is 1.65. The molecule has 0 bridgehead atoms. The van der Waals surface area contributed by atoms with E-state index in [-0.39, 0.29) is 5.84 Å². The van der Waals surface area contributed by atoms with Crippen LogP contribution < -0.4 is 10.6 Å². The lowest BCUT2D eigenvalue weighted by atomic mass is 10.3. The van der Waals surface area contributed by atoms with Crippen LogP contribution in [0.4, 0.5) is 5.82 Å².